The van der Waals surface area contributed by atoms with Gasteiger partial charge in [-0.15, -0.1) is 0 Å². The standard InChI is InChI=1S/C13H20N4O3/c1-8-4-16(5-11(18)14-8)9(2)10(3)17-6-12(19)15-13(20)7-17/h9-10H,1,4-7H2,2-3H3,(H,14,18)(H,15,19,20). The highest BCUT2D eigenvalue weighted by atomic mass is 16.2. The van der Waals surface area contributed by atoms with Gasteiger partial charge in [-0.05, 0) is 13.8 Å². The summed E-state index contributed by atoms with van der Waals surface area (Å²) < 4.78 is 0. The number of nitrogens with one attached hydrogen (secondary N) is 2. The highest BCUT2D eigenvalue weighted by Gasteiger charge is 2.33. The highest BCUT2D eigenvalue weighted by Crippen LogP contribution is 2.15. The van der Waals surface area contributed by atoms with Crippen LogP contribution in [0.1, 0.15) is 13.8 Å². The molecule has 0 aliphatic carbocycles. The third-order valence-electron chi connectivity index (χ3n) is 3.88. The Hall–Kier alpha value is -1.73. The topological polar surface area (TPSA) is 81.8 Å². The summed E-state index contributed by atoms with van der Waals surface area (Å²) in [5, 5.41) is 4.98. The molecular formula is C13H20N4O3. The van der Waals surface area contributed by atoms with Crippen molar-refractivity contribution in [3.8, 4) is 0 Å². The molecule has 2 rings (SSSR count). The minimum Gasteiger partial charge on any atom is -0.328 e. The molecule has 2 unspecified atom stereocenters. The lowest BCUT2D eigenvalue weighted by molar-refractivity contribution is -0.138. The van der Waals surface area contributed by atoms with Gasteiger partial charge in [0.2, 0.25) is 17.7 Å². The van der Waals surface area contributed by atoms with Crippen molar-refractivity contribution >= 4 is 17.7 Å². The van der Waals surface area contributed by atoms with Crippen LogP contribution in [0.25, 0.3) is 0 Å². The Morgan fingerprint density at radius 2 is 1.25 bits per heavy atom. The smallest absolute Gasteiger partial charge is 0.240 e. The zero-order chi connectivity index (χ0) is 14.9. The van der Waals surface area contributed by atoms with Gasteiger partial charge >= 0.3 is 0 Å². The summed E-state index contributed by atoms with van der Waals surface area (Å²) in [5.41, 5.74) is 0.674. The summed E-state index contributed by atoms with van der Waals surface area (Å²) in [6.07, 6.45) is 0. The predicted octanol–water partition coefficient (Wildman–Crippen LogP) is -1.33. The number of amides is 3. The molecule has 2 heterocycles. The van der Waals surface area contributed by atoms with Crippen molar-refractivity contribution in [1.29, 1.82) is 0 Å². The molecule has 2 atom stereocenters. The first-order valence-electron chi connectivity index (χ1n) is 6.65. The normalized spacial score (nSPS) is 25.1. The second-order valence-electron chi connectivity index (χ2n) is 5.41. The van der Waals surface area contributed by atoms with E-state index < -0.39 is 0 Å². The Kier molecular flexibility index (Phi) is 4.20. The molecule has 0 aromatic rings. The fraction of sp³-hybridized carbons (Fsp3) is 0.615. The van der Waals surface area contributed by atoms with Gasteiger partial charge in [-0.2, -0.15) is 0 Å². The number of carbonyl (C=O) groups is 3. The maximum Gasteiger partial charge on any atom is 0.240 e. The van der Waals surface area contributed by atoms with Gasteiger partial charge in [-0.3, -0.25) is 29.5 Å². The van der Waals surface area contributed by atoms with E-state index in [4.69, 9.17) is 0 Å². The third-order valence-corrected chi connectivity index (χ3v) is 3.88. The van der Waals surface area contributed by atoms with Crippen LogP contribution in [0.4, 0.5) is 0 Å². The van der Waals surface area contributed by atoms with Gasteiger partial charge < -0.3 is 5.32 Å². The molecule has 2 aliphatic heterocycles. The van der Waals surface area contributed by atoms with Gasteiger partial charge in [0.15, 0.2) is 0 Å². The van der Waals surface area contributed by atoms with E-state index in [1.807, 2.05) is 23.6 Å². The van der Waals surface area contributed by atoms with Crippen molar-refractivity contribution in [3.05, 3.63) is 12.3 Å². The summed E-state index contributed by atoms with van der Waals surface area (Å²) in [5.74, 6) is -0.630. The van der Waals surface area contributed by atoms with Crippen molar-refractivity contribution < 1.29 is 14.4 Å². The SMILES string of the molecule is C=C1CN(C(C)C(C)N2CC(=O)NC(=O)C2)CC(=O)N1. The molecule has 7 heteroatoms. The van der Waals surface area contributed by atoms with E-state index in [1.165, 1.54) is 0 Å². The molecule has 0 radical (unpaired) electrons. The largest absolute Gasteiger partial charge is 0.328 e. The van der Waals surface area contributed by atoms with Gasteiger partial charge in [-0.25, -0.2) is 0 Å². The molecule has 2 N–H and O–H groups in total. The summed E-state index contributed by atoms with van der Waals surface area (Å²) in [4.78, 5) is 38.2. The summed E-state index contributed by atoms with van der Waals surface area (Å²) in [7, 11) is 0. The Morgan fingerprint density at radius 1 is 0.850 bits per heavy atom. The van der Waals surface area contributed by atoms with Crippen molar-refractivity contribution in [2.45, 2.75) is 25.9 Å². The zero-order valence-electron chi connectivity index (χ0n) is 11.8. The monoisotopic (exact) mass is 280 g/mol. The lowest BCUT2D eigenvalue weighted by Crippen LogP contribution is -2.60. The van der Waals surface area contributed by atoms with E-state index in [-0.39, 0.29) is 42.9 Å². The lowest BCUT2D eigenvalue weighted by atomic mass is 10.1. The maximum absolute atomic E-state index is 11.5. The predicted molar refractivity (Wildman–Crippen MR) is 72.5 cm³/mol. The van der Waals surface area contributed by atoms with Crippen LogP contribution in [0.3, 0.4) is 0 Å². The van der Waals surface area contributed by atoms with Crippen LogP contribution in [-0.4, -0.2) is 65.8 Å². The molecule has 3 amide bonds. The second-order valence-corrected chi connectivity index (χ2v) is 5.41. The summed E-state index contributed by atoms with van der Waals surface area (Å²) in [6.45, 7) is 9.05. The van der Waals surface area contributed by atoms with E-state index in [2.05, 4.69) is 17.2 Å². The van der Waals surface area contributed by atoms with Gasteiger partial charge in [0.25, 0.3) is 0 Å². The molecule has 2 saturated heterocycles. The molecule has 20 heavy (non-hydrogen) atoms. The Labute approximate surface area is 118 Å². The minimum absolute atomic E-state index is 0.0105. The van der Waals surface area contributed by atoms with Crippen LogP contribution < -0.4 is 10.6 Å². The van der Waals surface area contributed by atoms with Crippen LogP contribution in [0, 0.1) is 0 Å². The van der Waals surface area contributed by atoms with Crippen LogP contribution in [0.5, 0.6) is 0 Å². The van der Waals surface area contributed by atoms with Crippen molar-refractivity contribution in [1.82, 2.24) is 20.4 Å². The number of nitrogens with zero attached hydrogens (tertiary/aromatic N) is 2. The molecule has 0 spiro atoms. The van der Waals surface area contributed by atoms with E-state index in [0.717, 1.165) is 0 Å². The number of carbonyl (C=O) groups excluding carboxylic acids is 3. The second kappa shape index (κ2) is 5.72. The van der Waals surface area contributed by atoms with E-state index in [0.29, 0.717) is 18.8 Å². The molecule has 0 aromatic heterocycles. The Balaban J connectivity index is 2.02. The Bertz CT molecular complexity index is 389. The van der Waals surface area contributed by atoms with Crippen LogP contribution in [0.15, 0.2) is 12.3 Å². The summed E-state index contributed by atoms with van der Waals surface area (Å²) >= 11 is 0. The molecule has 110 valence electrons. The average molecular weight is 280 g/mol. The molecule has 0 saturated carbocycles. The van der Waals surface area contributed by atoms with E-state index in [9.17, 15) is 14.4 Å². The van der Waals surface area contributed by atoms with E-state index in [1.54, 1.807) is 0 Å². The number of hydrogen-bond acceptors (Lipinski definition) is 5. The number of rotatable bonds is 3. The van der Waals surface area contributed by atoms with Crippen molar-refractivity contribution in [2.75, 3.05) is 26.2 Å². The number of piperazine rings is 2. The quantitative estimate of drug-likeness (QED) is 0.626. The van der Waals surface area contributed by atoms with Crippen molar-refractivity contribution in [2.24, 2.45) is 0 Å². The molecule has 0 aromatic carbocycles. The fourth-order valence-electron chi connectivity index (χ4n) is 2.61. The van der Waals surface area contributed by atoms with Crippen molar-refractivity contribution in [3.63, 3.8) is 0 Å². The first-order chi connectivity index (χ1) is 9.36. The van der Waals surface area contributed by atoms with Gasteiger partial charge in [0.05, 0.1) is 19.6 Å². The first kappa shape index (κ1) is 14.7. The van der Waals surface area contributed by atoms with Crippen LogP contribution in [-0.2, 0) is 14.4 Å². The molecular weight excluding hydrogens is 260 g/mol. The molecule has 2 aliphatic rings. The van der Waals surface area contributed by atoms with E-state index >= 15 is 0 Å². The molecule has 2 fully saturated rings. The summed E-state index contributed by atoms with van der Waals surface area (Å²) in [6, 6.07) is 0.0280. The van der Waals surface area contributed by atoms with Gasteiger partial charge in [0, 0.05) is 24.3 Å². The first-order valence-corrected chi connectivity index (χ1v) is 6.65. The lowest BCUT2D eigenvalue weighted by Gasteiger charge is -2.41. The Morgan fingerprint density at radius 3 is 1.70 bits per heavy atom. The fourth-order valence-corrected chi connectivity index (χ4v) is 2.61. The molecule has 7 nitrogen and oxygen atoms in total. The average Bonchev–Trinajstić information content (AvgIpc) is 2.34. The zero-order valence-corrected chi connectivity index (χ0v) is 11.8. The molecule has 0 bridgehead atoms. The maximum atomic E-state index is 11.5. The number of hydrogen-bond donors (Lipinski definition) is 2. The van der Waals surface area contributed by atoms with Gasteiger partial charge in [0.1, 0.15) is 0 Å². The van der Waals surface area contributed by atoms with Crippen LogP contribution in [0.2, 0.25) is 0 Å². The minimum atomic E-state index is -0.277. The number of imide groups is 1. The third kappa shape index (κ3) is 3.23. The van der Waals surface area contributed by atoms with Crippen LogP contribution >= 0.6 is 0 Å². The highest BCUT2D eigenvalue weighted by molar-refractivity contribution is 5.99. The van der Waals surface area contributed by atoms with Gasteiger partial charge in [-0.1, -0.05) is 6.58 Å².